The maximum atomic E-state index is 12.2. The van der Waals surface area contributed by atoms with Gasteiger partial charge in [-0.15, -0.1) is 11.8 Å². The molecule has 1 aliphatic heterocycles. The van der Waals surface area contributed by atoms with E-state index in [1.165, 1.54) is 11.1 Å². The number of thioether (sulfide) groups is 1. The van der Waals surface area contributed by atoms with Gasteiger partial charge in [-0.2, -0.15) is 0 Å². The van der Waals surface area contributed by atoms with Crippen LogP contribution in [-0.4, -0.2) is 37.3 Å². The van der Waals surface area contributed by atoms with Crippen molar-refractivity contribution in [3.05, 3.63) is 53.1 Å². The molecule has 0 unspecified atom stereocenters. The molecule has 2 aromatic carbocycles. The maximum absolute atomic E-state index is 12.2. The van der Waals surface area contributed by atoms with Crippen molar-refractivity contribution in [3.8, 4) is 11.5 Å². The number of Topliss-reactive ketones (excluding diaryl/α,β-unsaturated/α-hetero) is 1. The molecule has 2 aromatic rings. The molecule has 0 saturated carbocycles. The van der Waals surface area contributed by atoms with Gasteiger partial charge < -0.3 is 14.2 Å². The van der Waals surface area contributed by atoms with Crippen molar-refractivity contribution in [2.24, 2.45) is 0 Å². The van der Waals surface area contributed by atoms with E-state index in [9.17, 15) is 9.59 Å². The number of carbonyl (C=O) groups is 2. The second-order valence-corrected chi connectivity index (χ2v) is 7.46. The van der Waals surface area contributed by atoms with Gasteiger partial charge in [-0.3, -0.25) is 9.59 Å². The standard InChI is InChI=1S/C21H22O5S/c1-14-3-5-17(11-15(14)2)27-10-7-21(23)26-13-18(22)16-4-6-19-20(12-16)25-9-8-24-19/h3-6,11-12H,7-10,13H2,1-2H3. The van der Waals surface area contributed by atoms with Crippen molar-refractivity contribution in [3.63, 3.8) is 0 Å². The molecule has 0 aliphatic carbocycles. The first kappa shape index (κ1) is 19.3. The summed E-state index contributed by atoms with van der Waals surface area (Å²) in [6.07, 6.45) is 0.256. The third-order valence-corrected chi connectivity index (χ3v) is 5.28. The van der Waals surface area contributed by atoms with Crippen LogP contribution in [0.15, 0.2) is 41.3 Å². The monoisotopic (exact) mass is 386 g/mol. The molecule has 3 rings (SSSR count). The fraction of sp³-hybridized carbons (Fsp3) is 0.333. The largest absolute Gasteiger partial charge is 0.486 e. The molecule has 27 heavy (non-hydrogen) atoms. The maximum Gasteiger partial charge on any atom is 0.307 e. The van der Waals surface area contributed by atoms with Gasteiger partial charge in [-0.1, -0.05) is 6.07 Å². The number of benzene rings is 2. The number of hydrogen-bond acceptors (Lipinski definition) is 6. The summed E-state index contributed by atoms with van der Waals surface area (Å²) in [6, 6.07) is 11.2. The first-order valence-corrected chi connectivity index (χ1v) is 9.80. The van der Waals surface area contributed by atoms with E-state index in [2.05, 4.69) is 26.0 Å². The molecule has 0 bridgehead atoms. The minimum atomic E-state index is -0.378. The lowest BCUT2D eigenvalue weighted by molar-refractivity contribution is -0.141. The van der Waals surface area contributed by atoms with Crippen molar-refractivity contribution in [1.29, 1.82) is 0 Å². The lowest BCUT2D eigenvalue weighted by Gasteiger charge is -2.18. The van der Waals surface area contributed by atoms with Gasteiger partial charge in [0.1, 0.15) is 13.2 Å². The quantitative estimate of drug-likeness (QED) is 0.407. The molecular weight excluding hydrogens is 364 g/mol. The number of ether oxygens (including phenoxy) is 3. The van der Waals surface area contributed by atoms with Crippen LogP contribution in [0.3, 0.4) is 0 Å². The zero-order chi connectivity index (χ0) is 19.2. The number of hydrogen-bond donors (Lipinski definition) is 0. The number of rotatable bonds is 7. The van der Waals surface area contributed by atoms with Gasteiger partial charge in [0, 0.05) is 16.2 Å². The zero-order valence-electron chi connectivity index (χ0n) is 15.4. The molecule has 6 heteroatoms. The topological polar surface area (TPSA) is 61.8 Å². The lowest BCUT2D eigenvalue weighted by Crippen LogP contribution is -2.17. The van der Waals surface area contributed by atoms with Crippen molar-refractivity contribution in [2.45, 2.75) is 25.2 Å². The van der Waals surface area contributed by atoms with E-state index in [0.717, 1.165) is 4.90 Å². The predicted octanol–water partition coefficient (Wildman–Crippen LogP) is 3.98. The Bertz CT molecular complexity index is 846. The number of ketones is 1. The van der Waals surface area contributed by atoms with Crippen LogP contribution in [0.2, 0.25) is 0 Å². The summed E-state index contributed by atoms with van der Waals surface area (Å²) in [5, 5.41) is 0. The Balaban J connectivity index is 1.43. The van der Waals surface area contributed by atoms with Crippen molar-refractivity contribution in [2.75, 3.05) is 25.6 Å². The SMILES string of the molecule is Cc1ccc(SCCC(=O)OCC(=O)c2ccc3c(c2)OCCO3)cc1C. The van der Waals surface area contributed by atoms with Crippen LogP contribution in [0.5, 0.6) is 11.5 Å². The third-order valence-electron chi connectivity index (χ3n) is 4.28. The van der Waals surface area contributed by atoms with E-state index in [0.29, 0.717) is 36.0 Å². The van der Waals surface area contributed by atoms with Crippen molar-refractivity contribution in [1.82, 2.24) is 0 Å². The average molecular weight is 386 g/mol. The van der Waals surface area contributed by atoms with E-state index in [1.807, 2.05) is 6.07 Å². The summed E-state index contributed by atoms with van der Waals surface area (Å²) in [7, 11) is 0. The van der Waals surface area contributed by atoms with Crippen LogP contribution in [0.1, 0.15) is 27.9 Å². The fourth-order valence-electron chi connectivity index (χ4n) is 2.57. The van der Waals surface area contributed by atoms with Gasteiger partial charge >= 0.3 is 5.97 Å². The van der Waals surface area contributed by atoms with Crippen molar-refractivity contribution >= 4 is 23.5 Å². The fourth-order valence-corrected chi connectivity index (χ4v) is 3.50. The second kappa shape index (κ2) is 8.95. The first-order valence-electron chi connectivity index (χ1n) is 8.81. The Morgan fingerprint density at radius 1 is 1.00 bits per heavy atom. The third kappa shape index (κ3) is 5.26. The molecule has 0 amide bonds. The molecule has 0 fully saturated rings. The minimum absolute atomic E-state index is 0.256. The highest BCUT2D eigenvalue weighted by atomic mass is 32.2. The Hall–Kier alpha value is -2.47. The normalized spacial score (nSPS) is 12.5. The van der Waals surface area contributed by atoms with Crippen LogP contribution in [-0.2, 0) is 9.53 Å². The molecule has 0 atom stereocenters. The average Bonchev–Trinajstić information content (AvgIpc) is 2.68. The lowest BCUT2D eigenvalue weighted by atomic mass is 10.1. The Morgan fingerprint density at radius 2 is 1.78 bits per heavy atom. The van der Waals surface area contributed by atoms with Gasteiger partial charge in [0.15, 0.2) is 23.9 Å². The Kier molecular flexibility index (Phi) is 6.40. The summed E-state index contributed by atoms with van der Waals surface area (Å²) in [5.74, 6) is 1.14. The number of fused-ring (bicyclic) bond motifs is 1. The summed E-state index contributed by atoms with van der Waals surface area (Å²) in [5.41, 5.74) is 2.92. The highest BCUT2D eigenvalue weighted by Gasteiger charge is 2.16. The van der Waals surface area contributed by atoms with Crippen LogP contribution in [0.25, 0.3) is 0 Å². The van der Waals surface area contributed by atoms with Crippen LogP contribution in [0, 0.1) is 13.8 Å². The van der Waals surface area contributed by atoms with Gasteiger partial charge in [0.25, 0.3) is 0 Å². The number of aryl methyl sites for hydroxylation is 2. The smallest absolute Gasteiger partial charge is 0.307 e. The minimum Gasteiger partial charge on any atom is -0.486 e. The molecular formula is C21H22O5S. The molecule has 0 spiro atoms. The van der Waals surface area contributed by atoms with E-state index < -0.39 is 0 Å². The molecule has 0 saturated heterocycles. The van der Waals surface area contributed by atoms with E-state index >= 15 is 0 Å². The summed E-state index contributed by atoms with van der Waals surface area (Å²) in [6.45, 7) is 4.82. The second-order valence-electron chi connectivity index (χ2n) is 6.29. The molecule has 0 aromatic heterocycles. The highest BCUT2D eigenvalue weighted by molar-refractivity contribution is 7.99. The van der Waals surface area contributed by atoms with Crippen LogP contribution in [0.4, 0.5) is 0 Å². The van der Waals surface area contributed by atoms with Gasteiger partial charge in [0.2, 0.25) is 0 Å². The molecule has 142 valence electrons. The van der Waals surface area contributed by atoms with Gasteiger partial charge in [-0.25, -0.2) is 0 Å². The Labute approximate surface area is 163 Å². The zero-order valence-corrected chi connectivity index (χ0v) is 16.3. The molecule has 5 nitrogen and oxygen atoms in total. The Morgan fingerprint density at radius 3 is 2.56 bits per heavy atom. The molecule has 0 radical (unpaired) electrons. The number of carbonyl (C=O) groups excluding carboxylic acids is 2. The first-order chi connectivity index (χ1) is 13.0. The van der Waals surface area contributed by atoms with Crippen LogP contribution < -0.4 is 9.47 Å². The molecule has 1 aliphatic rings. The molecule has 0 N–H and O–H groups in total. The van der Waals surface area contributed by atoms with E-state index in [4.69, 9.17) is 14.2 Å². The van der Waals surface area contributed by atoms with Crippen molar-refractivity contribution < 1.29 is 23.8 Å². The predicted molar refractivity (Wildman–Crippen MR) is 104 cm³/mol. The summed E-state index contributed by atoms with van der Waals surface area (Å²) >= 11 is 1.60. The number of esters is 1. The highest BCUT2D eigenvalue weighted by Crippen LogP contribution is 2.30. The molecule has 1 heterocycles. The van der Waals surface area contributed by atoms with Crippen LogP contribution >= 0.6 is 11.8 Å². The van der Waals surface area contributed by atoms with Gasteiger partial charge in [0.05, 0.1) is 6.42 Å². The van der Waals surface area contributed by atoms with E-state index in [1.54, 1.807) is 30.0 Å². The van der Waals surface area contributed by atoms with Gasteiger partial charge in [-0.05, 0) is 55.3 Å². The van der Waals surface area contributed by atoms with E-state index in [-0.39, 0.29) is 24.8 Å². The summed E-state index contributed by atoms with van der Waals surface area (Å²) in [4.78, 5) is 25.2. The summed E-state index contributed by atoms with van der Waals surface area (Å²) < 4.78 is 16.0.